The fourth-order valence-corrected chi connectivity index (χ4v) is 3.31. The number of piperazine rings is 1. The third-order valence-electron chi connectivity index (χ3n) is 4.74. The van der Waals surface area contributed by atoms with Gasteiger partial charge in [-0.3, -0.25) is 9.59 Å². The molecule has 144 valence electrons. The first kappa shape index (κ1) is 20.1. The second-order valence-corrected chi connectivity index (χ2v) is 7.29. The third-order valence-corrected chi connectivity index (χ3v) is 4.74. The van der Waals surface area contributed by atoms with Gasteiger partial charge in [-0.1, -0.05) is 19.9 Å². The molecule has 4 N–H and O–H groups in total. The Morgan fingerprint density at radius 3 is 2.54 bits per heavy atom. The second-order valence-electron chi connectivity index (χ2n) is 7.29. The molecule has 1 saturated heterocycles. The Morgan fingerprint density at radius 2 is 2.04 bits per heavy atom. The minimum absolute atomic E-state index is 0.00733. The molecule has 0 radical (unpaired) electrons. The maximum absolute atomic E-state index is 13.0. The average Bonchev–Trinajstić information content (AvgIpc) is 2.59. The molecule has 0 aliphatic carbocycles. The molecule has 1 aliphatic heterocycles. The number of primary amides is 1. The van der Waals surface area contributed by atoms with Crippen LogP contribution in [0.2, 0.25) is 0 Å². The lowest BCUT2D eigenvalue weighted by atomic mass is 9.87. The van der Waals surface area contributed by atoms with E-state index in [1.54, 1.807) is 11.1 Å². The summed E-state index contributed by atoms with van der Waals surface area (Å²) >= 11 is 0. The molecule has 0 spiro atoms. The fraction of sp³-hybridized carbons (Fsp3) is 0.611. The molecule has 2 heterocycles. The van der Waals surface area contributed by atoms with Crippen LogP contribution in [0.3, 0.4) is 0 Å². The molecule has 8 nitrogen and oxygen atoms in total. The lowest BCUT2D eigenvalue weighted by Gasteiger charge is -2.43. The van der Waals surface area contributed by atoms with Gasteiger partial charge in [0.25, 0.3) is 11.7 Å². The Morgan fingerprint density at radius 1 is 1.35 bits per heavy atom. The molecule has 2 rings (SSSR count). The highest BCUT2D eigenvalue weighted by Crippen LogP contribution is 2.27. The van der Waals surface area contributed by atoms with Crippen molar-refractivity contribution in [2.24, 2.45) is 17.6 Å². The SMILES string of the molecule is CC(C)CC(C(=O)N1CCN(c2ccccn2)C[C@H]1C)C(O)(O)C(N)=O. The van der Waals surface area contributed by atoms with Crippen molar-refractivity contribution in [3.8, 4) is 0 Å². The van der Waals surface area contributed by atoms with Crippen LogP contribution in [0.1, 0.15) is 27.2 Å². The molecule has 26 heavy (non-hydrogen) atoms. The first-order chi connectivity index (χ1) is 12.1. The maximum atomic E-state index is 13.0. The Bertz CT molecular complexity index is 635. The fourth-order valence-electron chi connectivity index (χ4n) is 3.31. The molecule has 1 aromatic rings. The van der Waals surface area contributed by atoms with E-state index in [4.69, 9.17) is 5.73 Å². The smallest absolute Gasteiger partial charge is 0.278 e. The van der Waals surface area contributed by atoms with Gasteiger partial charge in [-0.2, -0.15) is 0 Å². The Kier molecular flexibility index (Phi) is 6.20. The van der Waals surface area contributed by atoms with Gasteiger partial charge >= 0.3 is 0 Å². The van der Waals surface area contributed by atoms with E-state index >= 15 is 0 Å². The van der Waals surface area contributed by atoms with E-state index in [0.29, 0.717) is 19.6 Å². The van der Waals surface area contributed by atoms with Crippen molar-refractivity contribution in [2.45, 2.75) is 39.0 Å². The minimum Gasteiger partial charge on any atom is -0.365 e. The van der Waals surface area contributed by atoms with Crippen molar-refractivity contribution in [3.63, 3.8) is 0 Å². The number of amides is 2. The maximum Gasteiger partial charge on any atom is 0.278 e. The van der Waals surface area contributed by atoms with Crippen LogP contribution >= 0.6 is 0 Å². The number of nitrogens with two attached hydrogens (primary N) is 1. The average molecular weight is 364 g/mol. The molecule has 0 bridgehead atoms. The van der Waals surface area contributed by atoms with Gasteiger partial charge in [0, 0.05) is 31.9 Å². The quantitative estimate of drug-likeness (QED) is 0.609. The molecular formula is C18H28N4O4. The number of carbonyl (C=O) groups excluding carboxylic acids is 2. The Labute approximate surface area is 153 Å². The largest absolute Gasteiger partial charge is 0.365 e. The van der Waals surface area contributed by atoms with Gasteiger partial charge in [-0.05, 0) is 31.4 Å². The zero-order valence-electron chi connectivity index (χ0n) is 15.5. The van der Waals surface area contributed by atoms with Crippen molar-refractivity contribution in [2.75, 3.05) is 24.5 Å². The number of aliphatic hydroxyl groups is 2. The van der Waals surface area contributed by atoms with Gasteiger partial charge in [0.1, 0.15) is 11.7 Å². The standard InChI is InChI=1S/C18H28N4O4/c1-12(2)10-14(18(25,26)17(19)24)16(23)22-9-8-21(11-13(22)3)15-6-4-5-7-20-15/h4-7,12-14,25-26H,8-11H2,1-3H3,(H2,19,24)/t13-,14?/m1/s1. The van der Waals surface area contributed by atoms with Crippen LogP contribution in [0.15, 0.2) is 24.4 Å². The lowest BCUT2D eigenvalue weighted by molar-refractivity contribution is -0.209. The Hall–Kier alpha value is -2.19. The molecule has 0 saturated carbocycles. The van der Waals surface area contributed by atoms with Gasteiger partial charge in [0.15, 0.2) is 0 Å². The van der Waals surface area contributed by atoms with Gasteiger partial charge in [0.2, 0.25) is 5.91 Å². The van der Waals surface area contributed by atoms with Crippen molar-refractivity contribution < 1.29 is 19.8 Å². The summed E-state index contributed by atoms with van der Waals surface area (Å²) in [4.78, 5) is 32.5. The van der Waals surface area contributed by atoms with Crippen LogP contribution in [0, 0.1) is 11.8 Å². The van der Waals surface area contributed by atoms with Crippen molar-refractivity contribution in [1.29, 1.82) is 0 Å². The number of carbonyl (C=O) groups is 2. The predicted octanol–water partition coefficient (Wildman–Crippen LogP) is -0.0528. The monoisotopic (exact) mass is 364 g/mol. The van der Waals surface area contributed by atoms with Crippen molar-refractivity contribution in [3.05, 3.63) is 24.4 Å². The molecule has 8 heteroatoms. The number of rotatable bonds is 6. The highest BCUT2D eigenvalue weighted by Gasteiger charge is 2.47. The molecule has 2 atom stereocenters. The highest BCUT2D eigenvalue weighted by atomic mass is 16.5. The normalized spacial score (nSPS) is 19.5. The summed E-state index contributed by atoms with van der Waals surface area (Å²) in [7, 11) is 0. The molecule has 0 aromatic carbocycles. The van der Waals surface area contributed by atoms with Crippen LogP contribution in [0.25, 0.3) is 0 Å². The second kappa shape index (κ2) is 8.01. The summed E-state index contributed by atoms with van der Waals surface area (Å²) < 4.78 is 0. The molecule has 1 aromatic heterocycles. The Balaban J connectivity index is 2.15. The van der Waals surface area contributed by atoms with Crippen LogP contribution in [-0.2, 0) is 9.59 Å². The van der Waals surface area contributed by atoms with E-state index in [-0.39, 0.29) is 18.4 Å². The molecule has 1 fully saturated rings. The molecular weight excluding hydrogens is 336 g/mol. The minimum atomic E-state index is -2.86. The van der Waals surface area contributed by atoms with E-state index in [2.05, 4.69) is 9.88 Å². The summed E-state index contributed by atoms with van der Waals surface area (Å²) in [6, 6.07) is 5.49. The van der Waals surface area contributed by atoms with Crippen LogP contribution in [0.4, 0.5) is 5.82 Å². The molecule has 1 unspecified atom stereocenters. The van der Waals surface area contributed by atoms with E-state index in [1.807, 2.05) is 39.0 Å². The highest BCUT2D eigenvalue weighted by molar-refractivity contribution is 5.90. The van der Waals surface area contributed by atoms with E-state index in [9.17, 15) is 19.8 Å². The number of anilines is 1. The number of aromatic nitrogens is 1. The van der Waals surface area contributed by atoms with Gasteiger partial charge in [0.05, 0.1) is 0 Å². The topological polar surface area (TPSA) is 120 Å². The first-order valence-electron chi connectivity index (χ1n) is 8.85. The summed E-state index contributed by atoms with van der Waals surface area (Å²) in [5, 5.41) is 20.3. The van der Waals surface area contributed by atoms with Crippen LogP contribution in [-0.4, -0.2) is 63.4 Å². The summed E-state index contributed by atoms with van der Waals surface area (Å²) in [5.41, 5.74) is 5.12. The molecule has 1 aliphatic rings. The van der Waals surface area contributed by atoms with Crippen molar-refractivity contribution >= 4 is 17.6 Å². The summed E-state index contributed by atoms with van der Waals surface area (Å²) in [5.74, 6) is -5.09. The van der Waals surface area contributed by atoms with Crippen LogP contribution < -0.4 is 10.6 Å². The van der Waals surface area contributed by atoms with E-state index in [0.717, 1.165) is 5.82 Å². The lowest BCUT2D eigenvalue weighted by Crippen LogP contribution is -2.61. The number of nitrogens with zero attached hydrogens (tertiary/aromatic N) is 3. The van der Waals surface area contributed by atoms with Crippen molar-refractivity contribution in [1.82, 2.24) is 9.88 Å². The predicted molar refractivity (Wildman–Crippen MR) is 96.9 cm³/mol. The number of pyridine rings is 1. The summed E-state index contributed by atoms with van der Waals surface area (Å²) in [6.45, 7) is 7.12. The van der Waals surface area contributed by atoms with Gasteiger partial charge < -0.3 is 25.7 Å². The van der Waals surface area contributed by atoms with Crippen LogP contribution in [0.5, 0.6) is 0 Å². The third kappa shape index (κ3) is 4.31. The number of hydrogen-bond acceptors (Lipinski definition) is 6. The zero-order valence-corrected chi connectivity index (χ0v) is 15.5. The number of hydrogen-bond donors (Lipinski definition) is 3. The van der Waals surface area contributed by atoms with Gasteiger partial charge in [-0.25, -0.2) is 4.98 Å². The van der Waals surface area contributed by atoms with E-state index in [1.165, 1.54) is 0 Å². The summed E-state index contributed by atoms with van der Waals surface area (Å²) in [6.07, 6.45) is 1.87. The molecule has 2 amide bonds. The van der Waals surface area contributed by atoms with E-state index < -0.39 is 23.5 Å². The van der Waals surface area contributed by atoms with Gasteiger partial charge in [-0.15, -0.1) is 0 Å². The first-order valence-corrected chi connectivity index (χ1v) is 8.85. The zero-order chi connectivity index (χ0) is 19.5.